The molecule has 2 aromatic heterocycles. The lowest BCUT2D eigenvalue weighted by molar-refractivity contribution is -0.274. The van der Waals surface area contributed by atoms with Crippen LogP contribution in [0.1, 0.15) is 15.2 Å². The molecule has 26 heavy (non-hydrogen) atoms. The number of thiophene rings is 1. The van der Waals surface area contributed by atoms with E-state index in [1.165, 1.54) is 52.5 Å². The largest absolute Gasteiger partial charge is 0.573 e. The van der Waals surface area contributed by atoms with Crippen LogP contribution in [-0.2, 0) is 6.54 Å². The van der Waals surface area contributed by atoms with Gasteiger partial charge in [0.1, 0.15) is 17.0 Å². The molecule has 0 radical (unpaired) electrons. The van der Waals surface area contributed by atoms with Crippen molar-refractivity contribution in [1.29, 1.82) is 0 Å². The smallest absolute Gasteiger partial charge is 0.405 e. The van der Waals surface area contributed by atoms with Crippen LogP contribution in [0.3, 0.4) is 0 Å². The van der Waals surface area contributed by atoms with Crippen LogP contribution < -0.4 is 4.74 Å². The second-order valence-corrected chi connectivity index (χ2v) is 6.12. The molecule has 3 rings (SSSR count). The van der Waals surface area contributed by atoms with E-state index in [1.807, 2.05) is 0 Å². The molecular formula is C15H12F3N5O2S. The highest BCUT2D eigenvalue weighted by Gasteiger charge is 2.32. The van der Waals surface area contributed by atoms with E-state index < -0.39 is 6.36 Å². The van der Waals surface area contributed by atoms with E-state index in [2.05, 4.69) is 20.3 Å². The van der Waals surface area contributed by atoms with Crippen molar-refractivity contribution >= 4 is 17.2 Å². The first kappa shape index (κ1) is 17.9. The monoisotopic (exact) mass is 383 g/mol. The van der Waals surface area contributed by atoms with Gasteiger partial charge >= 0.3 is 6.36 Å². The number of halogens is 3. The van der Waals surface area contributed by atoms with Gasteiger partial charge in [-0.2, -0.15) is 4.68 Å². The molecule has 1 amide bonds. The maximum Gasteiger partial charge on any atom is 0.573 e. The van der Waals surface area contributed by atoms with Crippen LogP contribution in [0.5, 0.6) is 5.75 Å². The summed E-state index contributed by atoms with van der Waals surface area (Å²) < 4.78 is 43.0. The molecule has 0 fully saturated rings. The molecule has 136 valence electrons. The van der Waals surface area contributed by atoms with Gasteiger partial charge in [-0.3, -0.25) is 4.79 Å². The molecule has 0 spiro atoms. The number of para-hydroxylation sites is 1. The molecule has 11 heteroatoms. The van der Waals surface area contributed by atoms with Gasteiger partial charge in [0, 0.05) is 19.2 Å². The Morgan fingerprint density at radius 1 is 1.31 bits per heavy atom. The molecule has 3 aromatic rings. The summed E-state index contributed by atoms with van der Waals surface area (Å²) in [7, 11) is 1.50. The van der Waals surface area contributed by atoms with E-state index in [0.717, 1.165) is 0 Å². The minimum atomic E-state index is -4.81. The summed E-state index contributed by atoms with van der Waals surface area (Å²) >= 11 is 1.19. The minimum absolute atomic E-state index is 0.0575. The average molecular weight is 383 g/mol. The zero-order valence-corrected chi connectivity index (χ0v) is 14.2. The summed E-state index contributed by atoms with van der Waals surface area (Å²) in [6, 6.07) is 7.37. The van der Waals surface area contributed by atoms with Crippen LogP contribution in [0.15, 0.2) is 42.0 Å². The van der Waals surface area contributed by atoms with Gasteiger partial charge in [0.05, 0.1) is 5.69 Å². The average Bonchev–Trinajstić information content (AvgIpc) is 3.25. The van der Waals surface area contributed by atoms with Crippen LogP contribution >= 0.6 is 11.3 Å². The minimum Gasteiger partial charge on any atom is -0.405 e. The van der Waals surface area contributed by atoms with Gasteiger partial charge in [-0.05, 0) is 27.9 Å². The van der Waals surface area contributed by atoms with Crippen molar-refractivity contribution in [2.24, 2.45) is 0 Å². The third-order valence-electron chi connectivity index (χ3n) is 3.39. The molecule has 0 bridgehead atoms. The normalized spacial score (nSPS) is 11.4. The van der Waals surface area contributed by atoms with Crippen LogP contribution in [0.4, 0.5) is 13.2 Å². The second-order valence-electron chi connectivity index (χ2n) is 5.21. The SMILES string of the molecule is CN(Cc1ccccc1OC(F)(F)F)C(=O)c1sccc1-n1cnnn1. The maximum atomic E-state index is 12.7. The van der Waals surface area contributed by atoms with Gasteiger partial charge < -0.3 is 9.64 Å². The maximum absolute atomic E-state index is 12.7. The standard InChI is InChI=1S/C15H12F3N5O2S/c1-22(8-10-4-2-3-5-12(10)25-15(16,17)18)14(24)13-11(6-7-26-13)23-9-19-20-21-23/h2-7,9H,8H2,1H3. The number of amides is 1. The fourth-order valence-electron chi connectivity index (χ4n) is 2.27. The molecule has 7 nitrogen and oxygen atoms in total. The van der Waals surface area contributed by atoms with Gasteiger partial charge in [0.25, 0.3) is 5.91 Å². The summed E-state index contributed by atoms with van der Waals surface area (Å²) in [6.45, 7) is -0.0575. The zero-order valence-electron chi connectivity index (χ0n) is 13.3. The predicted octanol–water partition coefficient (Wildman–Crippen LogP) is 2.89. The first-order chi connectivity index (χ1) is 12.3. The van der Waals surface area contributed by atoms with E-state index >= 15 is 0 Å². The topological polar surface area (TPSA) is 73.1 Å². The van der Waals surface area contributed by atoms with E-state index in [0.29, 0.717) is 10.6 Å². The molecular weight excluding hydrogens is 371 g/mol. The number of benzene rings is 1. The van der Waals surface area contributed by atoms with E-state index in [9.17, 15) is 18.0 Å². The number of nitrogens with zero attached hydrogens (tertiary/aromatic N) is 5. The lowest BCUT2D eigenvalue weighted by Crippen LogP contribution is -2.27. The first-order valence-corrected chi connectivity index (χ1v) is 8.13. The number of hydrogen-bond acceptors (Lipinski definition) is 6. The van der Waals surface area contributed by atoms with Crippen molar-refractivity contribution in [2.45, 2.75) is 12.9 Å². The van der Waals surface area contributed by atoms with E-state index in [4.69, 9.17) is 0 Å². The van der Waals surface area contributed by atoms with Gasteiger partial charge in [0.15, 0.2) is 0 Å². The molecule has 0 aliphatic rings. The Labute approximate surface area is 149 Å². The highest BCUT2D eigenvalue weighted by molar-refractivity contribution is 7.12. The number of ether oxygens (including phenoxy) is 1. The summed E-state index contributed by atoms with van der Waals surface area (Å²) in [4.78, 5) is 14.4. The number of rotatable bonds is 5. The number of tetrazole rings is 1. The van der Waals surface area contributed by atoms with E-state index in [1.54, 1.807) is 17.5 Å². The highest BCUT2D eigenvalue weighted by Crippen LogP contribution is 2.28. The molecule has 0 saturated carbocycles. The van der Waals surface area contributed by atoms with E-state index in [-0.39, 0.29) is 23.8 Å². The van der Waals surface area contributed by atoms with Crippen LogP contribution in [0, 0.1) is 0 Å². The molecule has 0 aliphatic carbocycles. The van der Waals surface area contributed by atoms with Crippen LogP contribution in [0.2, 0.25) is 0 Å². The lowest BCUT2D eigenvalue weighted by atomic mass is 10.2. The van der Waals surface area contributed by atoms with Crippen molar-refractivity contribution in [3.05, 3.63) is 52.5 Å². The molecule has 0 saturated heterocycles. The third-order valence-corrected chi connectivity index (χ3v) is 4.28. The summed E-state index contributed by atoms with van der Waals surface area (Å²) in [6.07, 6.45) is -3.45. The number of carbonyl (C=O) groups is 1. The fraction of sp³-hybridized carbons (Fsp3) is 0.200. The number of alkyl halides is 3. The van der Waals surface area contributed by atoms with Crippen molar-refractivity contribution in [1.82, 2.24) is 25.1 Å². The Balaban J connectivity index is 1.81. The lowest BCUT2D eigenvalue weighted by Gasteiger charge is -2.19. The highest BCUT2D eigenvalue weighted by atomic mass is 32.1. The van der Waals surface area contributed by atoms with Crippen molar-refractivity contribution < 1.29 is 22.7 Å². The van der Waals surface area contributed by atoms with Gasteiger partial charge in [-0.1, -0.05) is 18.2 Å². The van der Waals surface area contributed by atoms with Gasteiger partial charge in [0.2, 0.25) is 0 Å². The molecule has 1 aromatic carbocycles. The molecule has 0 atom stereocenters. The summed E-state index contributed by atoms with van der Waals surface area (Å²) in [5.74, 6) is -0.709. The van der Waals surface area contributed by atoms with Gasteiger partial charge in [-0.15, -0.1) is 29.6 Å². The Morgan fingerprint density at radius 2 is 2.08 bits per heavy atom. The van der Waals surface area contributed by atoms with Crippen LogP contribution in [0.25, 0.3) is 5.69 Å². The third kappa shape index (κ3) is 3.99. The summed E-state index contributed by atoms with van der Waals surface area (Å²) in [5.41, 5.74) is 0.734. The van der Waals surface area contributed by atoms with Crippen molar-refractivity contribution in [2.75, 3.05) is 7.05 Å². The molecule has 0 aliphatic heterocycles. The second kappa shape index (κ2) is 7.12. The quantitative estimate of drug-likeness (QED) is 0.677. The fourth-order valence-corrected chi connectivity index (χ4v) is 3.15. The Hall–Kier alpha value is -2.95. The Morgan fingerprint density at radius 3 is 2.77 bits per heavy atom. The number of hydrogen-bond donors (Lipinski definition) is 0. The number of aromatic nitrogens is 4. The van der Waals surface area contributed by atoms with Crippen molar-refractivity contribution in [3.63, 3.8) is 0 Å². The molecule has 0 N–H and O–H groups in total. The van der Waals surface area contributed by atoms with Gasteiger partial charge in [-0.25, -0.2) is 0 Å². The first-order valence-electron chi connectivity index (χ1n) is 7.25. The molecule has 0 unspecified atom stereocenters. The Kier molecular flexibility index (Phi) is 4.89. The predicted molar refractivity (Wildman–Crippen MR) is 86.0 cm³/mol. The van der Waals surface area contributed by atoms with Crippen LogP contribution in [-0.4, -0.2) is 44.4 Å². The zero-order chi connectivity index (χ0) is 18.7. The Bertz CT molecular complexity index is 895. The number of carbonyl (C=O) groups excluding carboxylic acids is 1. The van der Waals surface area contributed by atoms with Crippen molar-refractivity contribution in [3.8, 4) is 11.4 Å². The molecule has 2 heterocycles. The summed E-state index contributed by atoms with van der Waals surface area (Å²) in [5, 5.41) is 12.5.